The first-order chi connectivity index (χ1) is 8.63. The van der Waals surface area contributed by atoms with Crippen molar-refractivity contribution in [1.29, 1.82) is 0 Å². The molecule has 1 aromatic rings. The molecule has 4 heteroatoms. The summed E-state index contributed by atoms with van der Waals surface area (Å²) in [5.74, 6) is -0.162. The van der Waals surface area contributed by atoms with E-state index in [1.165, 1.54) is 6.42 Å². The molecule has 18 heavy (non-hydrogen) atoms. The number of rotatable bonds is 7. The lowest BCUT2D eigenvalue weighted by atomic mass is 10.2. The molecule has 0 heterocycles. The zero-order chi connectivity index (χ0) is 13.4. The van der Waals surface area contributed by atoms with E-state index in [0.29, 0.717) is 6.61 Å². The van der Waals surface area contributed by atoms with E-state index < -0.39 is 5.97 Å². The van der Waals surface area contributed by atoms with Crippen molar-refractivity contribution in [2.75, 3.05) is 6.61 Å². The van der Waals surface area contributed by atoms with Gasteiger partial charge < -0.3 is 9.84 Å². The molecule has 3 nitrogen and oxygen atoms in total. The molecule has 0 aromatic heterocycles. The van der Waals surface area contributed by atoms with E-state index in [0.717, 1.165) is 34.7 Å². The fourth-order valence-electron chi connectivity index (χ4n) is 1.44. The normalized spacial score (nSPS) is 10.8. The van der Waals surface area contributed by atoms with Crippen LogP contribution in [0.15, 0.2) is 28.7 Å². The molecule has 0 saturated carbocycles. The van der Waals surface area contributed by atoms with Gasteiger partial charge in [0.2, 0.25) is 0 Å². The predicted molar refractivity (Wildman–Crippen MR) is 75.8 cm³/mol. The highest BCUT2D eigenvalue weighted by Gasteiger charge is 2.01. The molecule has 0 amide bonds. The summed E-state index contributed by atoms with van der Waals surface area (Å²) in [4.78, 5) is 10.4. The number of ether oxygens (including phenoxy) is 1. The quantitative estimate of drug-likeness (QED) is 0.608. The maximum Gasteiger partial charge on any atom is 0.328 e. The third kappa shape index (κ3) is 5.36. The Kier molecular flexibility index (Phi) is 6.50. The number of benzene rings is 1. The molecule has 0 bridgehead atoms. The van der Waals surface area contributed by atoms with Crippen molar-refractivity contribution in [3.63, 3.8) is 0 Å². The molecule has 0 aliphatic rings. The summed E-state index contributed by atoms with van der Waals surface area (Å²) in [6.07, 6.45) is 6.04. The van der Waals surface area contributed by atoms with E-state index in [9.17, 15) is 4.79 Å². The van der Waals surface area contributed by atoms with Crippen LogP contribution in [-0.4, -0.2) is 17.7 Å². The fourth-order valence-corrected chi connectivity index (χ4v) is 1.95. The van der Waals surface area contributed by atoms with E-state index >= 15 is 0 Å². The lowest BCUT2D eigenvalue weighted by Crippen LogP contribution is -1.97. The van der Waals surface area contributed by atoms with Crippen LogP contribution in [0.1, 0.15) is 31.7 Å². The average molecular weight is 313 g/mol. The van der Waals surface area contributed by atoms with Gasteiger partial charge >= 0.3 is 5.97 Å². The summed E-state index contributed by atoms with van der Waals surface area (Å²) in [6, 6.07) is 5.52. The summed E-state index contributed by atoms with van der Waals surface area (Å²) in [7, 11) is 0. The van der Waals surface area contributed by atoms with Crippen LogP contribution in [0.25, 0.3) is 6.08 Å². The average Bonchev–Trinajstić information content (AvgIpc) is 2.34. The van der Waals surface area contributed by atoms with Crippen LogP contribution in [0.2, 0.25) is 0 Å². The van der Waals surface area contributed by atoms with Crippen molar-refractivity contribution in [1.82, 2.24) is 0 Å². The third-order valence-electron chi connectivity index (χ3n) is 2.38. The molecule has 0 aliphatic heterocycles. The third-order valence-corrected chi connectivity index (χ3v) is 3.00. The summed E-state index contributed by atoms with van der Waals surface area (Å²) >= 11 is 3.42. The SMILES string of the molecule is CCCCCOc1ccc(/C=C/C(=O)O)cc1Br. The number of hydrogen-bond donors (Lipinski definition) is 1. The highest BCUT2D eigenvalue weighted by Crippen LogP contribution is 2.26. The predicted octanol–water partition coefficient (Wildman–Crippen LogP) is 4.12. The maximum absolute atomic E-state index is 10.4. The highest BCUT2D eigenvalue weighted by atomic mass is 79.9. The largest absolute Gasteiger partial charge is 0.492 e. The lowest BCUT2D eigenvalue weighted by molar-refractivity contribution is -0.131. The van der Waals surface area contributed by atoms with Crippen molar-refractivity contribution in [2.24, 2.45) is 0 Å². The molecule has 0 spiro atoms. The number of carboxylic acid groups (broad SMARTS) is 1. The van der Waals surface area contributed by atoms with Crippen LogP contribution in [0, 0.1) is 0 Å². The minimum Gasteiger partial charge on any atom is -0.492 e. The van der Waals surface area contributed by atoms with Gasteiger partial charge in [0.15, 0.2) is 0 Å². The molecule has 1 aromatic carbocycles. The van der Waals surface area contributed by atoms with E-state index in [-0.39, 0.29) is 0 Å². The van der Waals surface area contributed by atoms with Gasteiger partial charge in [0.25, 0.3) is 0 Å². The topological polar surface area (TPSA) is 46.5 Å². The molecule has 0 atom stereocenters. The zero-order valence-corrected chi connectivity index (χ0v) is 11.9. The lowest BCUT2D eigenvalue weighted by Gasteiger charge is -2.08. The molecular weight excluding hydrogens is 296 g/mol. The first-order valence-corrected chi connectivity index (χ1v) is 6.76. The smallest absolute Gasteiger partial charge is 0.328 e. The van der Waals surface area contributed by atoms with Gasteiger partial charge in [-0.25, -0.2) is 4.79 Å². The Bertz CT molecular complexity index is 427. The highest BCUT2D eigenvalue weighted by molar-refractivity contribution is 9.10. The van der Waals surface area contributed by atoms with Gasteiger partial charge in [0.05, 0.1) is 11.1 Å². The van der Waals surface area contributed by atoms with Crippen molar-refractivity contribution in [3.8, 4) is 5.75 Å². The van der Waals surface area contributed by atoms with Gasteiger partial charge in [-0.05, 0) is 46.1 Å². The minimum absolute atomic E-state index is 0.705. The van der Waals surface area contributed by atoms with Gasteiger partial charge in [-0.1, -0.05) is 25.8 Å². The van der Waals surface area contributed by atoms with Crippen LogP contribution >= 0.6 is 15.9 Å². The zero-order valence-electron chi connectivity index (χ0n) is 10.4. The molecule has 0 unspecified atom stereocenters. The second kappa shape index (κ2) is 7.93. The Morgan fingerprint density at radius 3 is 2.83 bits per heavy atom. The summed E-state index contributed by atoms with van der Waals surface area (Å²) in [6.45, 7) is 2.86. The van der Waals surface area contributed by atoms with Gasteiger partial charge in [-0.2, -0.15) is 0 Å². The molecule has 0 radical (unpaired) electrons. The van der Waals surface area contributed by atoms with Gasteiger partial charge in [0.1, 0.15) is 5.75 Å². The summed E-state index contributed by atoms with van der Waals surface area (Å²) in [5, 5.41) is 8.54. The Morgan fingerprint density at radius 2 is 2.22 bits per heavy atom. The minimum atomic E-state index is -0.953. The number of hydrogen-bond acceptors (Lipinski definition) is 2. The van der Waals surface area contributed by atoms with E-state index in [1.807, 2.05) is 18.2 Å². The molecular formula is C14H17BrO3. The van der Waals surface area contributed by atoms with Gasteiger partial charge in [-0.3, -0.25) is 0 Å². The second-order valence-corrected chi connectivity index (χ2v) is 4.77. The molecule has 0 saturated heterocycles. The molecule has 1 rings (SSSR count). The van der Waals surface area contributed by atoms with Crippen LogP contribution < -0.4 is 4.74 Å². The first-order valence-electron chi connectivity index (χ1n) is 5.97. The van der Waals surface area contributed by atoms with Crippen molar-refractivity contribution in [2.45, 2.75) is 26.2 Å². The Morgan fingerprint density at radius 1 is 1.44 bits per heavy atom. The molecule has 1 N–H and O–H groups in total. The summed E-state index contributed by atoms with van der Waals surface area (Å²) in [5.41, 5.74) is 0.824. The second-order valence-electron chi connectivity index (χ2n) is 3.92. The first kappa shape index (κ1) is 14.8. The monoisotopic (exact) mass is 312 g/mol. The van der Waals surface area contributed by atoms with E-state index in [4.69, 9.17) is 9.84 Å². The standard InChI is InChI=1S/C14H17BrO3/c1-2-3-4-9-18-13-7-5-11(10-12(13)15)6-8-14(16)17/h5-8,10H,2-4,9H2,1H3,(H,16,17)/b8-6+. The van der Waals surface area contributed by atoms with Crippen LogP contribution in [0.5, 0.6) is 5.75 Å². The number of aliphatic carboxylic acids is 1. The van der Waals surface area contributed by atoms with Crippen molar-refractivity contribution in [3.05, 3.63) is 34.3 Å². The van der Waals surface area contributed by atoms with E-state index in [2.05, 4.69) is 22.9 Å². The summed E-state index contributed by atoms with van der Waals surface area (Å²) < 4.78 is 6.47. The Hall–Kier alpha value is -1.29. The van der Waals surface area contributed by atoms with E-state index in [1.54, 1.807) is 6.08 Å². The fraction of sp³-hybridized carbons (Fsp3) is 0.357. The molecule has 0 fully saturated rings. The maximum atomic E-state index is 10.4. The number of carbonyl (C=O) groups is 1. The van der Waals surface area contributed by atoms with Crippen LogP contribution in [0.4, 0.5) is 0 Å². The van der Waals surface area contributed by atoms with Crippen molar-refractivity contribution >= 4 is 28.0 Å². The van der Waals surface area contributed by atoms with Gasteiger partial charge in [-0.15, -0.1) is 0 Å². The number of carboxylic acids is 1. The number of halogens is 1. The van der Waals surface area contributed by atoms with Gasteiger partial charge in [0, 0.05) is 6.08 Å². The number of unbranched alkanes of at least 4 members (excludes halogenated alkanes) is 2. The van der Waals surface area contributed by atoms with Crippen molar-refractivity contribution < 1.29 is 14.6 Å². The Labute approximate surface area is 116 Å². The molecule has 0 aliphatic carbocycles. The van der Waals surface area contributed by atoms with Crippen LogP contribution in [0.3, 0.4) is 0 Å². The molecule has 98 valence electrons. The Balaban J connectivity index is 2.59. The van der Waals surface area contributed by atoms with Crippen LogP contribution in [-0.2, 0) is 4.79 Å².